The van der Waals surface area contributed by atoms with E-state index < -0.39 is 0 Å². The third-order valence-electron chi connectivity index (χ3n) is 3.49. The third kappa shape index (κ3) is 1.64. The van der Waals surface area contributed by atoms with Gasteiger partial charge in [0, 0.05) is 5.92 Å². The second-order valence-corrected chi connectivity index (χ2v) is 4.59. The summed E-state index contributed by atoms with van der Waals surface area (Å²) in [5.74, 6) is 0.905. The van der Waals surface area contributed by atoms with E-state index in [0.29, 0.717) is 17.4 Å². The summed E-state index contributed by atoms with van der Waals surface area (Å²) < 4.78 is 5.54. The molecule has 1 aromatic carbocycles. The van der Waals surface area contributed by atoms with Gasteiger partial charge in [0.05, 0.1) is 5.56 Å². The van der Waals surface area contributed by atoms with E-state index in [2.05, 4.69) is 12.2 Å². The van der Waals surface area contributed by atoms with Gasteiger partial charge >= 0.3 is 5.97 Å². The van der Waals surface area contributed by atoms with Crippen LogP contribution >= 0.6 is 0 Å². The predicted molar refractivity (Wildman–Crippen MR) is 61.0 cm³/mol. The Kier molecular flexibility index (Phi) is 2.28. The van der Waals surface area contributed by atoms with E-state index in [-0.39, 0.29) is 12.1 Å². The number of esters is 1. The minimum Gasteiger partial charge on any atom is -0.458 e. The van der Waals surface area contributed by atoms with Crippen molar-refractivity contribution in [3.05, 3.63) is 48.0 Å². The molecule has 0 amide bonds. The molecule has 0 heterocycles. The molecule has 0 N–H and O–H groups in total. The van der Waals surface area contributed by atoms with E-state index in [4.69, 9.17) is 4.74 Å². The van der Waals surface area contributed by atoms with Crippen LogP contribution in [-0.2, 0) is 4.74 Å². The normalized spacial score (nSPS) is 30.6. The SMILES string of the molecule is O=C(OC1C[C@H]2C=C[C@@H]1C2)c1ccccc1. The number of carbonyl (C=O) groups excluding carboxylic acids is 1. The maximum Gasteiger partial charge on any atom is 0.338 e. The van der Waals surface area contributed by atoms with Crippen molar-refractivity contribution in [2.45, 2.75) is 18.9 Å². The lowest BCUT2D eigenvalue weighted by Gasteiger charge is -2.18. The van der Waals surface area contributed by atoms with Crippen LogP contribution in [0.15, 0.2) is 42.5 Å². The highest BCUT2D eigenvalue weighted by Gasteiger charge is 2.38. The van der Waals surface area contributed by atoms with Crippen LogP contribution in [0.2, 0.25) is 0 Å². The van der Waals surface area contributed by atoms with Gasteiger partial charge in [-0.15, -0.1) is 0 Å². The minimum absolute atomic E-state index is 0.0997. The number of rotatable bonds is 2. The maximum absolute atomic E-state index is 11.8. The Morgan fingerprint density at radius 3 is 2.56 bits per heavy atom. The zero-order valence-electron chi connectivity index (χ0n) is 9.00. The molecule has 0 aliphatic heterocycles. The van der Waals surface area contributed by atoms with Crippen molar-refractivity contribution in [3.8, 4) is 0 Å². The molecule has 1 saturated carbocycles. The van der Waals surface area contributed by atoms with E-state index >= 15 is 0 Å². The Balaban J connectivity index is 1.68. The van der Waals surface area contributed by atoms with Gasteiger partial charge < -0.3 is 4.74 Å². The highest BCUT2D eigenvalue weighted by molar-refractivity contribution is 5.89. The first-order valence-corrected chi connectivity index (χ1v) is 5.77. The van der Waals surface area contributed by atoms with Crippen LogP contribution in [-0.4, -0.2) is 12.1 Å². The second kappa shape index (κ2) is 3.78. The van der Waals surface area contributed by atoms with Gasteiger partial charge in [-0.2, -0.15) is 0 Å². The third-order valence-corrected chi connectivity index (χ3v) is 3.49. The van der Waals surface area contributed by atoms with Crippen molar-refractivity contribution in [1.29, 1.82) is 0 Å². The van der Waals surface area contributed by atoms with Crippen LogP contribution in [0.4, 0.5) is 0 Å². The van der Waals surface area contributed by atoms with E-state index in [1.807, 2.05) is 18.2 Å². The molecule has 2 bridgehead atoms. The molecule has 1 aromatic rings. The highest BCUT2D eigenvalue weighted by Crippen LogP contribution is 2.40. The number of fused-ring (bicyclic) bond motifs is 2. The zero-order chi connectivity index (χ0) is 11.0. The number of hydrogen-bond acceptors (Lipinski definition) is 2. The predicted octanol–water partition coefficient (Wildman–Crippen LogP) is 2.81. The first-order valence-electron chi connectivity index (χ1n) is 5.77. The Labute approximate surface area is 94.9 Å². The largest absolute Gasteiger partial charge is 0.458 e. The fraction of sp³-hybridized carbons (Fsp3) is 0.357. The Bertz CT molecular complexity index is 422. The van der Waals surface area contributed by atoms with Crippen LogP contribution in [0, 0.1) is 11.8 Å². The van der Waals surface area contributed by atoms with Gasteiger partial charge in [0.15, 0.2) is 0 Å². The lowest BCUT2D eigenvalue weighted by molar-refractivity contribution is 0.0242. The van der Waals surface area contributed by atoms with Crippen molar-refractivity contribution in [2.75, 3.05) is 0 Å². The number of allylic oxidation sites excluding steroid dienone is 1. The number of hydrogen-bond donors (Lipinski definition) is 0. The van der Waals surface area contributed by atoms with Crippen molar-refractivity contribution < 1.29 is 9.53 Å². The second-order valence-electron chi connectivity index (χ2n) is 4.59. The standard InChI is InChI=1S/C14H14O2/c15-14(11-4-2-1-3-5-11)16-13-9-10-6-7-12(13)8-10/h1-7,10,12-13H,8-9H2/t10-,12+,13?/m0/s1. The lowest BCUT2D eigenvalue weighted by atomic mass is 10.0. The fourth-order valence-electron chi connectivity index (χ4n) is 2.65. The van der Waals surface area contributed by atoms with Crippen molar-refractivity contribution in [1.82, 2.24) is 0 Å². The van der Waals surface area contributed by atoms with E-state index in [0.717, 1.165) is 12.8 Å². The summed E-state index contributed by atoms with van der Waals surface area (Å²) >= 11 is 0. The van der Waals surface area contributed by atoms with Gasteiger partial charge in [-0.3, -0.25) is 0 Å². The number of benzene rings is 1. The molecule has 2 aliphatic carbocycles. The van der Waals surface area contributed by atoms with Gasteiger partial charge in [-0.25, -0.2) is 4.79 Å². The first kappa shape index (κ1) is 9.64. The van der Waals surface area contributed by atoms with Gasteiger partial charge in [0.2, 0.25) is 0 Å². The van der Waals surface area contributed by atoms with Crippen LogP contribution in [0.5, 0.6) is 0 Å². The summed E-state index contributed by atoms with van der Waals surface area (Å²) in [6.07, 6.45) is 6.70. The molecule has 0 spiro atoms. The van der Waals surface area contributed by atoms with Gasteiger partial charge in [-0.1, -0.05) is 30.4 Å². The molecule has 1 fully saturated rings. The molecule has 0 radical (unpaired) electrons. The summed E-state index contributed by atoms with van der Waals surface area (Å²) in [5, 5.41) is 0. The van der Waals surface area contributed by atoms with Gasteiger partial charge in [0.1, 0.15) is 6.10 Å². The molecular formula is C14H14O2. The Morgan fingerprint density at radius 2 is 1.94 bits per heavy atom. The molecule has 2 nitrogen and oxygen atoms in total. The summed E-state index contributed by atoms with van der Waals surface area (Å²) in [4.78, 5) is 11.8. The molecule has 0 aromatic heterocycles. The maximum atomic E-state index is 11.8. The highest BCUT2D eigenvalue weighted by atomic mass is 16.5. The summed E-state index contributed by atoms with van der Waals surface area (Å²) in [5.41, 5.74) is 0.647. The van der Waals surface area contributed by atoms with E-state index in [1.165, 1.54) is 0 Å². The fourth-order valence-corrected chi connectivity index (χ4v) is 2.65. The van der Waals surface area contributed by atoms with Crippen molar-refractivity contribution in [3.63, 3.8) is 0 Å². The van der Waals surface area contributed by atoms with Crippen molar-refractivity contribution in [2.24, 2.45) is 11.8 Å². The smallest absolute Gasteiger partial charge is 0.338 e. The molecule has 3 rings (SSSR count). The molecule has 1 unspecified atom stereocenters. The monoisotopic (exact) mass is 214 g/mol. The molecule has 3 atom stereocenters. The van der Waals surface area contributed by atoms with Gasteiger partial charge in [-0.05, 0) is 30.9 Å². The zero-order valence-corrected chi connectivity index (χ0v) is 9.00. The Hall–Kier alpha value is -1.57. The van der Waals surface area contributed by atoms with E-state index in [9.17, 15) is 4.79 Å². The van der Waals surface area contributed by atoms with Crippen LogP contribution in [0.3, 0.4) is 0 Å². The van der Waals surface area contributed by atoms with Crippen LogP contribution in [0.1, 0.15) is 23.2 Å². The minimum atomic E-state index is -0.188. The summed E-state index contributed by atoms with van der Waals surface area (Å²) in [6, 6.07) is 9.21. The Morgan fingerprint density at radius 1 is 1.12 bits per heavy atom. The van der Waals surface area contributed by atoms with Crippen LogP contribution < -0.4 is 0 Å². The molecule has 2 heteroatoms. The number of carbonyl (C=O) groups is 1. The van der Waals surface area contributed by atoms with Crippen LogP contribution in [0.25, 0.3) is 0 Å². The topological polar surface area (TPSA) is 26.3 Å². The molecule has 82 valence electrons. The quantitative estimate of drug-likeness (QED) is 0.559. The molecule has 0 saturated heterocycles. The average Bonchev–Trinajstić information content (AvgIpc) is 2.92. The molecule has 16 heavy (non-hydrogen) atoms. The van der Waals surface area contributed by atoms with E-state index in [1.54, 1.807) is 12.1 Å². The average molecular weight is 214 g/mol. The lowest BCUT2D eigenvalue weighted by Crippen LogP contribution is -2.22. The number of ether oxygens (including phenoxy) is 1. The van der Waals surface area contributed by atoms with Gasteiger partial charge in [0.25, 0.3) is 0 Å². The summed E-state index contributed by atoms with van der Waals surface area (Å²) in [6.45, 7) is 0. The molecule has 2 aliphatic rings. The first-order chi connectivity index (χ1) is 7.83. The summed E-state index contributed by atoms with van der Waals surface area (Å²) in [7, 11) is 0. The molecular weight excluding hydrogens is 200 g/mol. The van der Waals surface area contributed by atoms with Crippen molar-refractivity contribution >= 4 is 5.97 Å².